The van der Waals surface area contributed by atoms with E-state index in [0.717, 1.165) is 22.2 Å². The van der Waals surface area contributed by atoms with Crippen LogP contribution in [0.25, 0.3) is 10.9 Å². The smallest absolute Gasteiger partial charge is 0.253 e. The molecule has 0 saturated carbocycles. The van der Waals surface area contributed by atoms with Gasteiger partial charge in [0.1, 0.15) is 6.04 Å². The molecule has 2 unspecified atom stereocenters. The molecule has 3 N–H and O–H groups in total. The van der Waals surface area contributed by atoms with Gasteiger partial charge in [-0.05, 0) is 42.8 Å². The summed E-state index contributed by atoms with van der Waals surface area (Å²) in [6.45, 7) is 2.47. The maximum Gasteiger partial charge on any atom is 0.253 e. The predicted octanol–water partition coefficient (Wildman–Crippen LogP) is 4.80. The lowest BCUT2D eigenvalue weighted by Gasteiger charge is -2.28. The number of fused-ring (bicyclic) bond motifs is 1. The molecular weight excluding hydrogens is 460 g/mol. The Labute approximate surface area is 210 Å². The first-order chi connectivity index (χ1) is 16.9. The summed E-state index contributed by atoms with van der Waals surface area (Å²) < 4.78 is 0. The van der Waals surface area contributed by atoms with Crippen molar-refractivity contribution in [3.63, 3.8) is 0 Å². The third-order valence-electron chi connectivity index (χ3n) is 6.24. The van der Waals surface area contributed by atoms with Gasteiger partial charge in [-0.25, -0.2) is 0 Å². The number of nitrogens with one attached hydrogen (secondary N) is 3. The van der Waals surface area contributed by atoms with Gasteiger partial charge in [-0.3, -0.25) is 9.59 Å². The van der Waals surface area contributed by atoms with Gasteiger partial charge < -0.3 is 20.5 Å². The second-order valence-corrected chi connectivity index (χ2v) is 9.02. The van der Waals surface area contributed by atoms with Crippen molar-refractivity contribution in [1.82, 2.24) is 15.6 Å². The zero-order valence-corrected chi connectivity index (χ0v) is 20.5. The lowest BCUT2D eigenvalue weighted by atomic mass is 10.0. The first-order valence-corrected chi connectivity index (χ1v) is 12.0. The molecule has 0 spiro atoms. The van der Waals surface area contributed by atoms with Crippen molar-refractivity contribution >= 4 is 40.0 Å². The van der Waals surface area contributed by atoms with Gasteiger partial charge in [0, 0.05) is 48.8 Å². The summed E-state index contributed by atoms with van der Waals surface area (Å²) in [6, 6.07) is 24.0. The molecule has 0 radical (unpaired) electrons. The van der Waals surface area contributed by atoms with E-state index in [2.05, 4.69) is 20.5 Å². The quantitative estimate of drug-likeness (QED) is 0.316. The highest BCUT2D eigenvalue weighted by atomic mass is 35.5. The van der Waals surface area contributed by atoms with E-state index < -0.39 is 6.04 Å². The molecular formula is C28H29ClN4O2. The lowest BCUT2D eigenvalue weighted by Crippen LogP contribution is -2.50. The first-order valence-electron chi connectivity index (χ1n) is 11.6. The molecule has 0 aliphatic heterocycles. The number of hydrogen-bond donors (Lipinski definition) is 3. The van der Waals surface area contributed by atoms with Gasteiger partial charge in [-0.15, -0.1) is 0 Å². The minimum atomic E-state index is -0.771. The molecule has 0 bridgehead atoms. The summed E-state index contributed by atoms with van der Waals surface area (Å²) in [4.78, 5) is 31.7. The summed E-state index contributed by atoms with van der Waals surface area (Å²) in [5.74, 6) is -0.631. The average Bonchev–Trinajstić information content (AvgIpc) is 3.29. The van der Waals surface area contributed by atoms with Gasteiger partial charge in [-0.2, -0.15) is 0 Å². The molecule has 3 aromatic carbocycles. The van der Waals surface area contributed by atoms with E-state index in [1.807, 2.05) is 74.8 Å². The number of carbonyl (C=O) groups excluding carboxylic acids is 2. The number of hydrogen-bond acceptors (Lipinski definition) is 3. The number of para-hydroxylation sites is 2. The number of likely N-dealkylation sites (N-methyl/N-ethyl adjacent to an activating group) is 1. The number of nitrogens with zero attached hydrogens (tertiary/aromatic N) is 1. The van der Waals surface area contributed by atoms with Crippen LogP contribution in [-0.4, -0.2) is 42.5 Å². The van der Waals surface area contributed by atoms with Gasteiger partial charge in [-0.1, -0.05) is 60.1 Å². The van der Waals surface area contributed by atoms with Crippen molar-refractivity contribution in [1.29, 1.82) is 0 Å². The molecule has 180 valence electrons. The van der Waals surface area contributed by atoms with Crippen LogP contribution in [0.5, 0.6) is 0 Å². The van der Waals surface area contributed by atoms with Gasteiger partial charge in [0.25, 0.3) is 5.91 Å². The van der Waals surface area contributed by atoms with E-state index in [4.69, 9.17) is 11.6 Å². The van der Waals surface area contributed by atoms with Crippen molar-refractivity contribution in [2.45, 2.75) is 25.4 Å². The van der Waals surface area contributed by atoms with Gasteiger partial charge in [0.15, 0.2) is 0 Å². The number of aromatic amines is 1. The molecule has 4 aromatic rings. The van der Waals surface area contributed by atoms with E-state index in [1.165, 1.54) is 0 Å². The van der Waals surface area contributed by atoms with Crippen molar-refractivity contribution in [3.05, 3.63) is 101 Å². The van der Waals surface area contributed by atoms with E-state index in [0.29, 0.717) is 23.6 Å². The zero-order valence-electron chi connectivity index (χ0n) is 19.8. The molecule has 0 aliphatic carbocycles. The van der Waals surface area contributed by atoms with Crippen LogP contribution >= 0.6 is 11.6 Å². The third kappa shape index (κ3) is 5.84. The molecule has 35 heavy (non-hydrogen) atoms. The summed E-state index contributed by atoms with van der Waals surface area (Å²) >= 11 is 6.23. The fraction of sp³-hybridized carbons (Fsp3) is 0.214. The summed E-state index contributed by atoms with van der Waals surface area (Å²) in [7, 11) is 1.99. The van der Waals surface area contributed by atoms with E-state index in [1.54, 1.807) is 24.3 Å². The Kier molecular flexibility index (Phi) is 7.73. The molecule has 2 amide bonds. The number of amides is 2. The Morgan fingerprint density at radius 3 is 2.43 bits per heavy atom. The zero-order chi connectivity index (χ0) is 24.8. The molecule has 6 nitrogen and oxygen atoms in total. The van der Waals surface area contributed by atoms with E-state index in [9.17, 15) is 9.59 Å². The Bertz CT molecular complexity index is 1300. The van der Waals surface area contributed by atoms with Crippen LogP contribution < -0.4 is 15.5 Å². The summed E-state index contributed by atoms with van der Waals surface area (Å²) in [5.41, 5.74) is 3.34. The molecule has 0 aliphatic rings. The van der Waals surface area contributed by atoms with Crippen molar-refractivity contribution < 1.29 is 9.59 Å². The SMILES string of the molecule is CC(CNC(=O)C(Cc1c[nH]c2ccccc12)NC(=O)c1ccccc1Cl)N(C)c1ccccc1. The number of anilines is 1. The van der Waals surface area contributed by atoms with Crippen LogP contribution in [0.1, 0.15) is 22.8 Å². The van der Waals surface area contributed by atoms with Crippen LogP contribution in [0.3, 0.4) is 0 Å². The van der Waals surface area contributed by atoms with Gasteiger partial charge >= 0.3 is 0 Å². The fourth-order valence-electron chi connectivity index (χ4n) is 4.04. The standard InChI is InChI=1S/C28H29ClN4O2/c1-19(33(2)21-10-4-3-5-11-21)17-31-28(35)26(32-27(34)23-13-6-8-14-24(23)29)16-20-18-30-25-15-9-7-12-22(20)25/h3-15,18-19,26,30H,16-17H2,1-2H3,(H,31,35)(H,32,34). The van der Waals surface area contributed by atoms with Crippen LogP contribution in [0.15, 0.2) is 85.1 Å². The van der Waals surface area contributed by atoms with Crippen molar-refractivity contribution in [3.8, 4) is 0 Å². The normalized spacial score (nSPS) is 12.7. The van der Waals surface area contributed by atoms with Crippen LogP contribution in [0, 0.1) is 0 Å². The third-order valence-corrected chi connectivity index (χ3v) is 6.57. The number of carbonyl (C=O) groups is 2. The van der Waals surface area contributed by atoms with Gasteiger partial charge in [0.2, 0.25) is 5.91 Å². The summed E-state index contributed by atoms with van der Waals surface area (Å²) in [5, 5.41) is 7.29. The van der Waals surface area contributed by atoms with E-state index in [-0.39, 0.29) is 17.9 Å². The van der Waals surface area contributed by atoms with Gasteiger partial charge in [0.05, 0.1) is 10.6 Å². The second kappa shape index (κ2) is 11.1. The Balaban J connectivity index is 1.50. The largest absolute Gasteiger partial charge is 0.370 e. The topological polar surface area (TPSA) is 77.2 Å². The number of aromatic nitrogens is 1. The maximum absolute atomic E-state index is 13.3. The average molecular weight is 489 g/mol. The highest BCUT2D eigenvalue weighted by molar-refractivity contribution is 6.33. The lowest BCUT2D eigenvalue weighted by molar-refractivity contribution is -0.123. The molecule has 1 heterocycles. The number of benzene rings is 3. The fourth-order valence-corrected chi connectivity index (χ4v) is 4.26. The van der Waals surface area contributed by atoms with Crippen LogP contribution in [0.2, 0.25) is 5.02 Å². The molecule has 2 atom stereocenters. The molecule has 4 rings (SSSR count). The highest BCUT2D eigenvalue weighted by Crippen LogP contribution is 2.20. The van der Waals surface area contributed by atoms with E-state index >= 15 is 0 Å². The minimum absolute atomic E-state index is 0.0503. The highest BCUT2D eigenvalue weighted by Gasteiger charge is 2.25. The first kappa shape index (κ1) is 24.4. The van der Waals surface area contributed by atoms with Crippen LogP contribution in [0.4, 0.5) is 5.69 Å². The Morgan fingerprint density at radius 2 is 1.66 bits per heavy atom. The number of H-pyrrole nitrogens is 1. The van der Waals surface area contributed by atoms with Crippen LogP contribution in [-0.2, 0) is 11.2 Å². The summed E-state index contributed by atoms with van der Waals surface area (Å²) in [6.07, 6.45) is 2.23. The second-order valence-electron chi connectivity index (χ2n) is 8.61. The minimum Gasteiger partial charge on any atom is -0.370 e. The molecule has 0 fully saturated rings. The Morgan fingerprint density at radius 1 is 0.971 bits per heavy atom. The van der Waals surface area contributed by atoms with Crippen molar-refractivity contribution in [2.75, 3.05) is 18.5 Å². The Hall–Kier alpha value is -3.77. The molecule has 7 heteroatoms. The van der Waals surface area contributed by atoms with Crippen molar-refractivity contribution in [2.24, 2.45) is 0 Å². The maximum atomic E-state index is 13.3. The number of rotatable bonds is 9. The molecule has 0 saturated heterocycles. The predicted molar refractivity (Wildman–Crippen MR) is 142 cm³/mol. The monoisotopic (exact) mass is 488 g/mol. The number of halogens is 1. The molecule has 1 aromatic heterocycles.